The van der Waals surface area contributed by atoms with Gasteiger partial charge in [-0.1, -0.05) is 18.2 Å². The van der Waals surface area contributed by atoms with E-state index in [1.54, 1.807) is 0 Å². The first-order valence-electron chi connectivity index (χ1n) is 6.07. The van der Waals surface area contributed by atoms with E-state index in [1.165, 1.54) is 23.1 Å². The minimum absolute atomic E-state index is 0.508. The van der Waals surface area contributed by atoms with E-state index in [2.05, 4.69) is 34.7 Å². The molecule has 0 saturated carbocycles. The predicted octanol–water partition coefficient (Wildman–Crippen LogP) is 2.29. The van der Waals surface area contributed by atoms with Crippen LogP contribution in [-0.2, 0) is 13.5 Å². The zero-order valence-electron chi connectivity index (χ0n) is 10.3. The molecule has 1 N–H and O–H groups in total. The second-order valence-corrected chi connectivity index (χ2v) is 4.68. The Kier molecular flexibility index (Phi) is 2.48. The lowest BCUT2D eigenvalue weighted by Gasteiger charge is -2.11. The van der Waals surface area contributed by atoms with E-state index < -0.39 is 0 Å². The van der Waals surface area contributed by atoms with Gasteiger partial charge in [-0.2, -0.15) is 0 Å². The molecule has 1 unspecified atom stereocenters. The van der Waals surface area contributed by atoms with Crippen molar-refractivity contribution in [2.24, 2.45) is 7.05 Å². The Morgan fingerprint density at radius 1 is 1.41 bits per heavy atom. The normalized spacial score (nSPS) is 18.4. The quantitative estimate of drug-likeness (QED) is 0.853. The van der Waals surface area contributed by atoms with E-state index >= 15 is 0 Å². The SMILES string of the molecule is CNC1CCc2c(-c3cn(C)cn3)cccc21. The lowest BCUT2D eigenvalue weighted by Crippen LogP contribution is -2.12. The van der Waals surface area contributed by atoms with Gasteiger partial charge in [0, 0.05) is 24.8 Å². The molecule has 0 radical (unpaired) electrons. The molecule has 1 heterocycles. The van der Waals surface area contributed by atoms with Crippen molar-refractivity contribution in [2.75, 3.05) is 7.05 Å². The van der Waals surface area contributed by atoms with Crippen molar-refractivity contribution in [2.45, 2.75) is 18.9 Å². The number of fused-ring (bicyclic) bond motifs is 1. The molecule has 0 saturated heterocycles. The monoisotopic (exact) mass is 227 g/mol. The zero-order chi connectivity index (χ0) is 11.8. The predicted molar refractivity (Wildman–Crippen MR) is 68.8 cm³/mol. The summed E-state index contributed by atoms with van der Waals surface area (Å²) >= 11 is 0. The van der Waals surface area contributed by atoms with Gasteiger partial charge in [-0.05, 0) is 31.0 Å². The minimum Gasteiger partial charge on any atom is -0.340 e. The van der Waals surface area contributed by atoms with Crippen LogP contribution in [0.15, 0.2) is 30.7 Å². The third kappa shape index (κ3) is 1.67. The first-order chi connectivity index (χ1) is 8.29. The molecule has 2 aromatic rings. The summed E-state index contributed by atoms with van der Waals surface area (Å²) in [4.78, 5) is 4.46. The molecule has 1 aromatic heterocycles. The van der Waals surface area contributed by atoms with Gasteiger partial charge in [0.2, 0.25) is 0 Å². The number of imidazole rings is 1. The molecule has 0 amide bonds. The van der Waals surface area contributed by atoms with Crippen molar-refractivity contribution in [1.29, 1.82) is 0 Å². The Balaban J connectivity index is 2.11. The van der Waals surface area contributed by atoms with E-state index in [0.717, 1.165) is 12.1 Å². The molecule has 1 aliphatic rings. The maximum Gasteiger partial charge on any atom is 0.0951 e. The second kappa shape index (κ2) is 4.00. The van der Waals surface area contributed by atoms with Gasteiger partial charge < -0.3 is 9.88 Å². The largest absolute Gasteiger partial charge is 0.340 e. The molecule has 17 heavy (non-hydrogen) atoms. The fraction of sp³-hybridized carbons (Fsp3) is 0.357. The van der Waals surface area contributed by atoms with Crippen LogP contribution in [0.1, 0.15) is 23.6 Å². The van der Waals surface area contributed by atoms with Crippen LogP contribution in [0.2, 0.25) is 0 Å². The summed E-state index contributed by atoms with van der Waals surface area (Å²) in [5.41, 5.74) is 5.28. The Morgan fingerprint density at radius 2 is 2.29 bits per heavy atom. The molecule has 1 aliphatic carbocycles. The van der Waals surface area contributed by atoms with Crippen molar-refractivity contribution in [3.8, 4) is 11.3 Å². The van der Waals surface area contributed by atoms with Gasteiger partial charge in [0.1, 0.15) is 0 Å². The highest BCUT2D eigenvalue weighted by Gasteiger charge is 2.23. The first kappa shape index (κ1) is 10.5. The van der Waals surface area contributed by atoms with E-state index in [-0.39, 0.29) is 0 Å². The van der Waals surface area contributed by atoms with Gasteiger partial charge in [0.15, 0.2) is 0 Å². The van der Waals surface area contributed by atoms with Gasteiger partial charge in [0.05, 0.1) is 12.0 Å². The minimum atomic E-state index is 0.508. The fourth-order valence-electron chi connectivity index (χ4n) is 2.75. The van der Waals surface area contributed by atoms with Crippen LogP contribution in [0, 0.1) is 0 Å². The molecule has 3 rings (SSSR count). The number of aryl methyl sites for hydroxylation is 1. The summed E-state index contributed by atoms with van der Waals surface area (Å²) in [5.74, 6) is 0. The average Bonchev–Trinajstić information content (AvgIpc) is 2.94. The maximum atomic E-state index is 4.46. The fourth-order valence-corrected chi connectivity index (χ4v) is 2.75. The molecule has 1 atom stereocenters. The summed E-state index contributed by atoms with van der Waals surface area (Å²) in [6.07, 6.45) is 6.28. The van der Waals surface area contributed by atoms with E-state index in [9.17, 15) is 0 Å². The van der Waals surface area contributed by atoms with Crippen LogP contribution in [0.25, 0.3) is 11.3 Å². The standard InChI is InChI=1S/C14H17N3/c1-15-13-7-6-10-11(13)4-3-5-12(10)14-8-17(2)9-16-14/h3-5,8-9,13,15H,6-7H2,1-2H3. The number of benzene rings is 1. The molecule has 1 aromatic carbocycles. The van der Waals surface area contributed by atoms with Crippen molar-refractivity contribution < 1.29 is 0 Å². The Hall–Kier alpha value is -1.61. The van der Waals surface area contributed by atoms with Crippen molar-refractivity contribution in [3.63, 3.8) is 0 Å². The van der Waals surface area contributed by atoms with Crippen molar-refractivity contribution in [3.05, 3.63) is 41.9 Å². The molecule has 88 valence electrons. The highest BCUT2D eigenvalue weighted by molar-refractivity contribution is 5.66. The molecule has 3 heteroatoms. The highest BCUT2D eigenvalue weighted by atomic mass is 15.0. The van der Waals surface area contributed by atoms with Crippen LogP contribution >= 0.6 is 0 Å². The van der Waals surface area contributed by atoms with Crippen LogP contribution in [-0.4, -0.2) is 16.6 Å². The molecule has 0 bridgehead atoms. The molecule has 0 spiro atoms. The smallest absolute Gasteiger partial charge is 0.0951 e. The van der Waals surface area contributed by atoms with Gasteiger partial charge in [-0.15, -0.1) is 0 Å². The number of nitrogens with one attached hydrogen (secondary N) is 1. The van der Waals surface area contributed by atoms with Crippen LogP contribution in [0.3, 0.4) is 0 Å². The summed E-state index contributed by atoms with van der Waals surface area (Å²) in [7, 11) is 4.04. The average molecular weight is 227 g/mol. The highest BCUT2D eigenvalue weighted by Crippen LogP contribution is 2.36. The van der Waals surface area contributed by atoms with E-state index in [1.807, 2.05) is 25.0 Å². The summed E-state index contributed by atoms with van der Waals surface area (Å²) in [6.45, 7) is 0. The third-order valence-corrected chi connectivity index (χ3v) is 3.60. The number of aromatic nitrogens is 2. The summed E-state index contributed by atoms with van der Waals surface area (Å²) in [5, 5.41) is 3.38. The molecular formula is C14H17N3. The number of hydrogen-bond acceptors (Lipinski definition) is 2. The number of nitrogens with zero attached hydrogens (tertiary/aromatic N) is 2. The Morgan fingerprint density at radius 3 is 3.00 bits per heavy atom. The first-order valence-corrected chi connectivity index (χ1v) is 6.07. The Bertz CT molecular complexity index is 542. The molecule has 0 aliphatic heterocycles. The van der Waals surface area contributed by atoms with Crippen LogP contribution in [0.4, 0.5) is 0 Å². The molecule has 3 nitrogen and oxygen atoms in total. The molecular weight excluding hydrogens is 210 g/mol. The zero-order valence-corrected chi connectivity index (χ0v) is 10.3. The second-order valence-electron chi connectivity index (χ2n) is 4.68. The van der Waals surface area contributed by atoms with Crippen molar-refractivity contribution in [1.82, 2.24) is 14.9 Å². The van der Waals surface area contributed by atoms with E-state index in [0.29, 0.717) is 6.04 Å². The van der Waals surface area contributed by atoms with Crippen LogP contribution < -0.4 is 5.32 Å². The lowest BCUT2D eigenvalue weighted by molar-refractivity contribution is 0.590. The number of rotatable bonds is 2. The lowest BCUT2D eigenvalue weighted by atomic mass is 10.0. The van der Waals surface area contributed by atoms with Gasteiger partial charge in [0.25, 0.3) is 0 Å². The maximum absolute atomic E-state index is 4.46. The molecule has 0 fully saturated rings. The van der Waals surface area contributed by atoms with Gasteiger partial charge in [-0.3, -0.25) is 0 Å². The number of hydrogen-bond donors (Lipinski definition) is 1. The van der Waals surface area contributed by atoms with Crippen molar-refractivity contribution >= 4 is 0 Å². The third-order valence-electron chi connectivity index (χ3n) is 3.60. The van der Waals surface area contributed by atoms with Gasteiger partial charge in [-0.25, -0.2) is 4.98 Å². The van der Waals surface area contributed by atoms with E-state index in [4.69, 9.17) is 0 Å². The Labute approximate surface area is 101 Å². The van der Waals surface area contributed by atoms with Crippen LogP contribution in [0.5, 0.6) is 0 Å². The summed E-state index contributed by atoms with van der Waals surface area (Å²) < 4.78 is 2.00. The van der Waals surface area contributed by atoms with Gasteiger partial charge >= 0.3 is 0 Å². The summed E-state index contributed by atoms with van der Waals surface area (Å²) in [6, 6.07) is 7.06. The topological polar surface area (TPSA) is 29.9 Å².